The first-order valence-corrected chi connectivity index (χ1v) is 4.45. The molecule has 0 aromatic heterocycles. The number of ketones is 1. The Labute approximate surface area is 85.5 Å². The molecule has 1 rings (SSSR count). The molecule has 0 heterocycles. The van der Waals surface area contributed by atoms with Crippen LogP contribution in [-0.2, 0) is 0 Å². The lowest BCUT2D eigenvalue weighted by Crippen LogP contribution is -2.01. The minimum Gasteiger partial charge on any atom is -0.293 e. The van der Waals surface area contributed by atoms with Crippen LogP contribution in [0.4, 0.5) is 0 Å². The van der Waals surface area contributed by atoms with E-state index in [4.69, 9.17) is 23.2 Å². The number of rotatable bonds is 3. The normalized spacial score (nSPS) is 9.69. The van der Waals surface area contributed by atoms with Gasteiger partial charge in [0.15, 0.2) is 5.78 Å². The third kappa shape index (κ3) is 2.54. The van der Waals surface area contributed by atoms with E-state index in [1.165, 1.54) is 6.07 Å². The fraction of sp³-hybridized carbons (Fsp3) is 0.111. The average molecular weight is 217 g/mol. The summed E-state index contributed by atoms with van der Waals surface area (Å²) in [5, 5.41) is -0.579. The SMILES string of the molecule is O=C(Cl)c1cccc(C(=O)CCl)c1. The molecule has 0 aliphatic heterocycles. The number of hydrogen-bond donors (Lipinski definition) is 0. The van der Waals surface area contributed by atoms with Crippen molar-refractivity contribution in [1.82, 2.24) is 0 Å². The van der Waals surface area contributed by atoms with Gasteiger partial charge in [0.25, 0.3) is 5.24 Å². The topological polar surface area (TPSA) is 34.1 Å². The van der Waals surface area contributed by atoms with E-state index in [1.807, 2.05) is 0 Å². The number of benzene rings is 1. The number of Topliss-reactive ketones (excluding diaryl/α,β-unsaturated/α-hetero) is 1. The van der Waals surface area contributed by atoms with Crippen LogP contribution < -0.4 is 0 Å². The van der Waals surface area contributed by atoms with Gasteiger partial charge < -0.3 is 0 Å². The van der Waals surface area contributed by atoms with Gasteiger partial charge in [-0.15, -0.1) is 11.6 Å². The number of alkyl halides is 1. The van der Waals surface area contributed by atoms with Crippen LogP contribution in [0.5, 0.6) is 0 Å². The highest BCUT2D eigenvalue weighted by molar-refractivity contribution is 6.67. The van der Waals surface area contributed by atoms with Crippen LogP contribution in [0.2, 0.25) is 0 Å². The quantitative estimate of drug-likeness (QED) is 0.442. The van der Waals surface area contributed by atoms with Crippen LogP contribution in [0.15, 0.2) is 24.3 Å². The molecule has 0 spiro atoms. The third-order valence-electron chi connectivity index (χ3n) is 1.53. The number of carbonyl (C=O) groups excluding carboxylic acids is 2. The molecule has 0 aliphatic carbocycles. The molecule has 0 saturated carbocycles. The van der Waals surface area contributed by atoms with Crippen LogP contribution in [0.3, 0.4) is 0 Å². The van der Waals surface area contributed by atoms with E-state index in [9.17, 15) is 9.59 Å². The minimum atomic E-state index is -0.579. The van der Waals surface area contributed by atoms with Crippen LogP contribution in [0.1, 0.15) is 20.7 Å². The highest BCUT2D eigenvalue weighted by Gasteiger charge is 2.07. The summed E-state index contributed by atoms with van der Waals surface area (Å²) in [6.07, 6.45) is 0. The Balaban J connectivity index is 3.05. The van der Waals surface area contributed by atoms with Gasteiger partial charge in [-0.05, 0) is 17.7 Å². The fourth-order valence-electron chi connectivity index (χ4n) is 0.892. The Hall–Kier alpha value is -0.860. The summed E-state index contributed by atoms with van der Waals surface area (Å²) in [6.45, 7) is 0. The van der Waals surface area contributed by atoms with E-state index in [-0.39, 0.29) is 11.7 Å². The zero-order valence-electron chi connectivity index (χ0n) is 6.59. The van der Waals surface area contributed by atoms with Gasteiger partial charge in [-0.3, -0.25) is 9.59 Å². The van der Waals surface area contributed by atoms with Gasteiger partial charge in [0.1, 0.15) is 0 Å². The van der Waals surface area contributed by atoms with Gasteiger partial charge in [0.05, 0.1) is 5.88 Å². The molecule has 4 heteroatoms. The summed E-state index contributed by atoms with van der Waals surface area (Å²) < 4.78 is 0. The largest absolute Gasteiger partial charge is 0.293 e. The van der Waals surface area contributed by atoms with Gasteiger partial charge in [0.2, 0.25) is 0 Å². The lowest BCUT2D eigenvalue weighted by molar-refractivity contribution is 0.102. The lowest BCUT2D eigenvalue weighted by atomic mass is 10.1. The predicted molar refractivity (Wildman–Crippen MR) is 51.7 cm³/mol. The molecule has 2 nitrogen and oxygen atoms in total. The molecule has 0 saturated heterocycles. The molecule has 0 unspecified atom stereocenters. The van der Waals surface area contributed by atoms with Crippen LogP contribution in [-0.4, -0.2) is 16.9 Å². The molecule has 0 N–H and O–H groups in total. The fourth-order valence-corrected chi connectivity index (χ4v) is 1.16. The lowest BCUT2D eigenvalue weighted by Gasteiger charge is -1.98. The van der Waals surface area contributed by atoms with Gasteiger partial charge in [-0.25, -0.2) is 0 Å². The summed E-state index contributed by atoms with van der Waals surface area (Å²) in [5.41, 5.74) is 0.708. The van der Waals surface area contributed by atoms with Crippen molar-refractivity contribution in [2.45, 2.75) is 0 Å². The van der Waals surface area contributed by atoms with Crippen molar-refractivity contribution < 1.29 is 9.59 Å². The highest BCUT2D eigenvalue weighted by Crippen LogP contribution is 2.09. The summed E-state index contributed by atoms with van der Waals surface area (Å²) in [7, 11) is 0. The van der Waals surface area contributed by atoms with Crippen LogP contribution in [0.25, 0.3) is 0 Å². The van der Waals surface area contributed by atoms with E-state index >= 15 is 0 Å². The second kappa shape index (κ2) is 4.40. The van der Waals surface area contributed by atoms with Gasteiger partial charge in [0, 0.05) is 11.1 Å². The van der Waals surface area contributed by atoms with Crippen molar-refractivity contribution in [3.8, 4) is 0 Å². The van der Waals surface area contributed by atoms with Crippen molar-refractivity contribution >= 4 is 34.2 Å². The summed E-state index contributed by atoms with van der Waals surface area (Å²) >= 11 is 10.6. The predicted octanol–water partition coefficient (Wildman–Crippen LogP) is 2.49. The summed E-state index contributed by atoms with van der Waals surface area (Å²) in [5.74, 6) is -0.318. The first-order valence-electron chi connectivity index (χ1n) is 3.54. The maximum atomic E-state index is 11.1. The van der Waals surface area contributed by atoms with E-state index in [0.29, 0.717) is 11.1 Å². The van der Waals surface area contributed by atoms with Crippen molar-refractivity contribution in [3.63, 3.8) is 0 Å². The second-order valence-electron chi connectivity index (χ2n) is 2.41. The van der Waals surface area contributed by atoms with Crippen molar-refractivity contribution in [2.75, 3.05) is 5.88 Å². The molecule has 0 fully saturated rings. The van der Waals surface area contributed by atoms with Gasteiger partial charge in [-0.2, -0.15) is 0 Å². The maximum absolute atomic E-state index is 11.1. The molecular formula is C9H6Cl2O2. The molecular weight excluding hydrogens is 211 g/mol. The van der Waals surface area contributed by atoms with Crippen molar-refractivity contribution in [2.24, 2.45) is 0 Å². The highest BCUT2D eigenvalue weighted by atomic mass is 35.5. The Morgan fingerprint density at radius 3 is 2.38 bits per heavy atom. The zero-order valence-corrected chi connectivity index (χ0v) is 8.10. The molecule has 0 amide bonds. The standard InChI is InChI=1S/C9H6Cl2O2/c10-5-8(12)6-2-1-3-7(4-6)9(11)13/h1-4H,5H2. The monoisotopic (exact) mass is 216 g/mol. The average Bonchev–Trinajstić information content (AvgIpc) is 2.17. The molecule has 13 heavy (non-hydrogen) atoms. The Morgan fingerprint density at radius 2 is 1.85 bits per heavy atom. The Bertz CT molecular complexity index is 347. The number of halogens is 2. The van der Waals surface area contributed by atoms with Crippen LogP contribution >= 0.6 is 23.2 Å². The molecule has 1 aromatic rings. The van der Waals surface area contributed by atoms with E-state index in [2.05, 4.69) is 0 Å². The first-order chi connectivity index (χ1) is 6.15. The van der Waals surface area contributed by atoms with E-state index < -0.39 is 5.24 Å². The second-order valence-corrected chi connectivity index (χ2v) is 3.02. The molecule has 1 aromatic carbocycles. The number of carbonyl (C=O) groups is 2. The smallest absolute Gasteiger partial charge is 0.252 e. The molecule has 0 aliphatic rings. The van der Waals surface area contributed by atoms with Crippen molar-refractivity contribution in [1.29, 1.82) is 0 Å². The maximum Gasteiger partial charge on any atom is 0.252 e. The zero-order chi connectivity index (χ0) is 9.84. The summed E-state index contributed by atoms with van der Waals surface area (Å²) in [6, 6.07) is 6.16. The first kappa shape index (κ1) is 10.2. The van der Waals surface area contributed by atoms with E-state index in [0.717, 1.165) is 0 Å². The van der Waals surface area contributed by atoms with Crippen LogP contribution in [0, 0.1) is 0 Å². The summed E-state index contributed by atoms with van der Waals surface area (Å²) in [4.78, 5) is 21.8. The molecule has 68 valence electrons. The van der Waals surface area contributed by atoms with E-state index in [1.54, 1.807) is 18.2 Å². The van der Waals surface area contributed by atoms with Gasteiger partial charge in [-0.1, -0.05) is 18.2 Å². The van der Waals surface area contributed by atoms with Gasteiger partial charge >= 0.3 is 0 Å². The number of hydrogen-bond acceptors (Lipinski definition) is 2. The Kier molecular flexibility index (Phi) is 3.46. The van der Waals surface area contributed by atoms with Crippen molar-refractivity contribution in [3.05, 3.63) is 35.4 Å². The third-order valence-corrected chi connectivity index (χ3v) is 1.99. The molecule has 0 bridgehead atoms. The molecule has 0 atom stereocenters. The Morgan fingerprint density at radius 1 is 1.23 bits per heavy atom. The minimum absolute atomic E-state index is 0.0973. The molecule has 0 radical (unpaired) electrons.